The normalized spacial score (nSPS) is 16.5. The molecule has 132 valence electrons. The lowest BCUT2D eigenvalue weighted by Crippen LogP contribution is -2.35. The fourth-order valence-corrected chi connectivity index (χ4v) is 4.66. The van der Waals surface area contributed by atoms with Gasteiger partial charge in [0.05, 0.1) is 0 Å². The maximum absolute atomic E-state index is 6.74. The number of benzene rings is 3. The summed E-state index contributed by atoms with van der Waals surface area (Å²) in [6, 6.07) is 28.4. The maximum atomic E-state index is 6.74. The Balaban J connectivity index is 1.97. The van der Waals surface area contributed by atoms with Crippen LogP contribution in [0.4, 0.5) is 0 Å². The first-order valence-corrected chi connectivity index (χ1v) is 9.92. The van der Waals surface area contributed by atoms with E-state index in [1.54, 1.807) is 0 Å². The summed E-state index contributed by atoms with van der Waals surface area (Å²) >= 11 is 6.74. The molecule has 0 aliphatic heterocycles. The molecule has 1 aliphatic carbocycles. The molecule has 0 saturated heterocycles. The molecular weight excluding hydrogens is 336 g/mol. The van der Waals surface area contributed by atoms with Gasteiger partial charge in [-0.05, 0) is 53.0 Å². The van der Waals surface area contributed by atoms with E-state index in [2.05, 4.69) is 80.6 Å². The standard InChI is InChI=1S/C25H25Cl/c1-18(2)25(21-8-4-3-5-9-21,23-10-6-7-11-24(23)26)22-16-14-20(15-17-22)19-12-13-19/h3-11,14-19H,12-13H2,1-2H3. The zero-order chi connectivity index (χ0) is 18.1. The van der Waals surface area contributed by atoms with Crippen LogP contribution in [0, 0.1) is 5.92 Å². The van der Waals surface area contributed by atoms with E-state index < -0.39 is 0 Å². The molecule has 0 nitrogen and oxygen atoms in total. The second kappa shape index (κ2) is 6.93. The molecule has 4 rings (SSSR count). The van der Waals surface area contributed by atoms with Crippen LogP contribution < -0.4 is 0 Å². The molecule has 0 aromatic heterocycles. The monoisotopic (exact) mass is 360 g/mol. The Hall–Kier alpha value is -2.05. The van der Waals surface area contributed by atoms with E-state index in [9.17, 15) is 0 Å². The predicted octanol–water partition coefficient (Wildman–Crippen LogP) is 7.21. The third-order valence-electron chi connectivity index (χ3n) is 5.81. The molecule has 1 fully saturated rings. The average molecular weight is 361 g/mol. The SMILES string of the molecule is CC(C)C(c1ccccc1)(c1ccc(C2CC2)cc1)c1ccccc1Cl. The second-order valence-electron chi connectivity index (χ2n) is 7.70. The first-order valence-electron chi connectivity index (χ1n) is 9.55. The van der Waals surface area contributed by atoms with E-state index >= 15 is 0 Å². The second-order valence-corrected chi connectivity index (χ2v) is 8.11. The maximum Gasteiger partial charge on any atom is 0.0488 e. The molecule has 0 amide bonds. The van der Waals surface area contributed by atoms with Crippen LogP contribution in [-0.4, -0.2) is 0 Å². The van der Waals surface area contributed by atoms with Gasteiger partial charge < -0.3 is 0 Å². The van der Waals surface area contributed by atoms with Crippen molar-refractivity contribution in [2.24, 2.45) is 5.92 Å². The molecule has 0 spiro atoms. The zero-order valence-electron chi connectivity index (χ0n) is 15.5. The fourth-order valence-electron chi connectivity index (χ4n) is 4.37. The first kappa shape index (κ1) is 17.4. The smallest absolute Gasteiger partial charge is 0.0488 e. The van der Waals surface area contributed by atoms with Crippen molar-refractivity contribution >= 4 is 11.6 Å². The van der Waals surface area contributed by atoms with Crippen molar-refractivity contribution < 1.29 is 0 Å². The summed E-state index contributed by atoms with van der Waals surface area (Å²) < 4.78 is 0. The zero-order valence-corrected chi connectivity index (χ0v) is 16.2. The van der Waals surface area contributed by atoms with Crippen molar-refractivity contribution in [1.82, 2.24) is 0 Å². The van der Waals surface area contributed by atoms with E-state index in [-0.39, 0.29) is 5.41 Å². The Morgan fingerprint density at radius 3 is 1.92 bits per heavy atom. The minimum atomic E-state index is -0.262. The van der Waals surface area contributed by atoms with Crippen molar-refractivity contribution in [1.29, 1.82) is 0 Å². The van der Waals surface area contributed by atoms with E-state index in [0.717, 1.165) is 10.9 Å². The van der Waals surface area contributed by atoms with Crippen molar-refractivity contribution in [2.75, 3.05) is 0 Å². The van der Waals surface area contributed by atoms with Gasteiger partial charge in [0, 0.05) is 10.4 Å². The van der Waals surface area contributed by atoms with E-state index in [1.165, 1.54) is 35.1 Å². The van der Waals surface area contributed by atoms with E-state index in [0.29, 0.717) is 5.92 Å². The van der Waals surface area contributed by atoms with Gasteiger partial charge in [0.15, 0.2) is 0 Å². The van der Waals surface area contributed by atoms with Gasteiger partial charge in [-0.1, -0.05) is 98.2 Å². The highest BCUT2D eigenvalue weighted by molar-refractivity contribution is 6.31. The lowest BCUT2D eigenvalue weighted by molar-refractivity contribution is 0.438. The quantitative estimate of drug-likeness (QED) is 0.422. The van der Waals surface area contributed by atoms with Gasteiger partial charge in [0.25, 0.3) is 0 Å². The molecule has 0 heterocycles. The summed E-state index contributed by atoms with van der Waals surface area (Å²) in [6.45, 7) is 4.59. The van der Waals surface area contributed by atoms with E-state index in [1.807, 2.05) is 12.1 Å². The Kier molecular flexibility index (Phi) is 4.63. The van der Waals surface area contributed by atoms with Crippen LogP contribution in [0.2, 0.25) is 5.02 Å². The van der Waals surface area contributed by atoms with Gasteiger partial charge in [-0.15, -0.1) is 0 Å². The Labute approximate surface area is 161 Å². The summed E-state index contributed by atoms with van der Waals surface area (Å²) in [4.78, 5) is 0. The average Bonchev–Trinajstić information content (AvgIpc) is 3.50. The van der Waals surface area contributed by atoms with Gasteiger partial charge in [-0.3, -0.25) is 0 Å². The lowest BCUT2D eigenvalue weighted by atomic mass is 9.63. The molecular formula is C25H25Cl. The van der Waals surface area contributed by atoms with Gasteiger partial charge in [0.1, 0.15) is 0 Å². The van der Waals surface area contributed by atoms with Crippen molar-refractivity contribution in [3.63, 3.8) is 0 Å². The molecule has 1 atom stereocenters. The first-order chi connectivity index (χ1) is 12.6. The van der Waals surface area contributed by atoms with Crippen LogP contribution in [0.15, 0.2) is 78.9 Å². The highest BCUT2D eigenvalue weighted by atomic mass is 35.5. The highest BCUT2D eigenvalue weighted by Gasteiger charge is 2.40. The van der Waals surface area contributed by atoms with Crippen LogP contribution in [0.1, 0.15) is 54.9 Å². The largest absolute Gasteiger partial charge is 0.0840 e. The van der Waals surface area contributed by atoms with Crippen molar-refractivity contribution in [2.45, 2.75) is 38.0 Å². The Bertz CT molecular complexity index is 876. The van der Waals surface area contributed by atoms with Crippen LogP contribution in [0.5, 0.6) is 0 Å². The molecule has 1 heteroatoms. The number of rotatable bonds is 5. The topological polar surface area (TPSA) is 0 Å². The Morgan fingerprint density at radius 1 is 0.769 bits per heavy atom. The molecule has 26 heavy (non-hydrogen) atoms. The van der Waals surface area contributed by atoms with Crippen LogP contribution in [0.3, 0.4) is 0 Å². The molecule has 3 aromatic carbocycles. The molecule has 3 aromatic rings. The molecule has 0 bridgehead atoms. The third-order valence-corrected chi connectivity index (χ3v) is 6.14. The van der Waals surface area contributed by atoms with Gasteiger partial charge in [0.2, 0.25) is 0 Å². The summed E-state index contributed by atoms with van der Waals surface area (Å²) in [5.74, 6) is 1.13. The van der Waals surface area contributed by atoms with Gasteiger partial charge >= 0.3 is 0 Å². The molecule has 1 saturated carbocycles. The molecule has 1 unspecified atom stereocenters. The minimum absolute atomic E-state index is 0.262. The Morgan fingerprint density at radius 2 is 1.35 bits per heavy atom. The predicted molar refractivity (Wildman–Crippen MR) is 111 cm³/mol. The lowest BCUT2D eigenvalue weighted by Gasteiger charge is -2.40. The molecule has 0 radical (unpaired) electrons. The van der Waals surface area contributed by atoms with Crippen molar-refractivity contribution in [3.05, 3.63) is 106 Å². The van der Waals surface area contributed by atoms with Crippen LogP contribution in [-0.2, 0) is 5.41 Å². The molecule has 0 N–H and O–H groups in total. The fraction of sp³-hybridized carbons (Fsp3) is 0.280. The van der Waals surface area contributed by atoms with Gasteiger partial charge in [-0.25, -0.2) is 0 Å². The van der Waals surface area contributed by atoms with Crippen LogP contribution in [0.25, 0.3) is 0 Å². The van der Waals surface area contributed by atoms with E-state index in [4.69, 9.17) is 11.6 Å². The summed E-state index contributed by atoms with van der Waals surface area (Å²) in [6.07, 6.45) is 2.66. The number of halogens is 1. The number of hydrogen-bond acceptors (Lipinski definition) is 0. The highest BCUT2D eigenvalue weighted by Crippen LogP contribution is 2.48. The van der Waals surface area contributed by atoms with Crippen LogP contribution >= 0.6 is 11.6 Å². The minimum Gasteiger partial charge on any atom is -0.0840 e. The summed E-state index contributed by atoms with van der Waals surface area (Å²) in [5.41, 5.74) is 5.00. The molecule has 1 aliphatic rings. The summed E-state index contributed by atoms with van der Waals surface area (Å²) in [5, 5.41) is 0.830. The summed E-state index contributed by atoms with van der Waals surface area (Å²) in [7, 11) is 0. The van der Waals surface area contributed by atoms with Crippen molar-refractivity contribution in [3.8, 4) is 0 Å². The number of hydrogen-bond donors (Lipinski definition) is 0. The van der Waals surface area contributed by atoms with Gasteiger partial charge in [-0.2, -0.15) is 0 Å². The third kappa shape index (κ3) is 2.87.